The van der Waals surface area contributed by atoms with E-state index in [0.717, 1.165) is 5.69 Å². The summed E-state index contributed by atoms with van der Waals surface area (Å²) in [4.78, 5) is 13.1. The first kappa shape index (κ1) is 21.7. The molecule has 2 heterocycles. The molecule has 30 heavy (non-hydrogen) atoms. The molecule has 2 aromatic rings. The second-order valence-corrected chi connectivity index (χ2v) is 6.59. The average molecular weight is 435 g/mol. The molecular formula is C20H24ClFN6O2. The van der Waals surface area contributed by atoms with Gasteiger partial charge in [0, 0.05) is 24.8 Å². The quantitative estimate of drug-likeness (QED) is 0.768. The Kier molecular flexibility index (Phi) is 6.96. The van der Waals surface area contributed by atoms with Crippen molar-refractivity contribution in [2.24, 2.45) is 15.7 Å². The molecule has 0 amide bonds. The van der Waals surface area contributed by atoms with E-state index in [0.29, 0.717) is 43.7 Å². The van der Waals surface area contributed by atoms with Crippen molar-refractivity contribution >= 4 is 35.7 Å². The first-order valence-electron chi connectivity index (χ1n) is 9.34. The molecule has 2 aliphatic rings. The van der Waals surface area contributed by atoms with Gasteiger partial charge in [-0.2, -0.15) is 4.99 Å². The number of aliphatic imine (C=N–C) groups is 2. The van der Waals surface area contributed by atoms with Crippen molar-refractivity contribution in [3.63, 3.8) is 0 Å². The smallest absolute Gasteiger partial charge is 0.222 e. The number of benzene rings is 2. The van der Waals surface area contributed by atoms with E-state index < -0.39 is 6.29 Å². The first-order chi connectivity index (χ1) is 14.1. The van der Waals surface area contributed by atoms with E-state index in [2.05, 4.69) is 20.2 Å². The molecule has 160 valence electrons. The Balaban J connectivity index is 0.00000256. The molecule has 1 saturated heterocycles. The molecule has 0 saturated carbocycles. The molecule has 4 rings (SSSR count). The molecule has 10 heteroatoms. The van der Waals surface area contributed by atoms with Crippen LogP contribution < -0.4 is 20.7 Å². The minimum atomic E-state index is -0.567. The third kappa shape index (κ3) is 4.74. The van der Waals surface area contributed by atoms with Gasteiger partial charge in [-0.25, -0.2) is 9.38 Å². The van der Waals surface area contributed by atoms with Gasteiger partial charge in [-0.15, -0.1) is 12.4 Å². The van der Waals surface area contributed by atoms with Crippen LogP contribution in [0.25, 0.3) is 0 Å². The van der Waals surface area contributed by atoms with Gasteiger partial charge in [0.15, 0.2) is 0 Å². The molecule has 2 aliphatic heterocycles. The lowest BCUT2D eigenvalue weighted by atomic mass is 10.2. The molecule has 1 unspecified atom stereocenters. The zero-order chi connectivity index (χ0) is 20.2. The molecule has 3 N–H and O–H groups in total. The van der Waals surface area contributed by atoms with Crippen LogP contribution >= 0.6 is 12.4 Å². The fourth-order valence-electron chi connectivity index (χ4n) is 3.27. The highest BCUT2D eigenvalue weighted by molar-refractivity contribution is 6.06. The van der Waals surface area contributed by atoms with Crippen LogP contribution in [-0.2, 0) is 4.74 Å². The van der Waals surface area contributed by atoms with Gasteiger partial charge in [0.05, 0.1) is 26.0 Å². The van der Waals surface area contributed by atoms with Crippen molar-refractivity contribution < 1.29 is 13.9 Å². The number of halogens is 2. The topological polar surface area (TPSA) is 87.7 Å². The van der Waals surface area contributed by atoms with Gasteiger partial charge >= 0.3 is 0 Å². The number of hydrogen-bond donors (Lipinski definition) is 2. The van der Waals surface area contributed by atoms with Crippen LogP contribution in [0.5, 0.6) is 5.75 Å². The van der Waals surface area contributed by atoms with Crippen LogP contribution in [0, 0.1) is 5.82 Å². The number of methoxy groups -OCH3 is 1. The van der Waals surface area contributed by atoms with Gasteiger partial charge in [0.2, 0.25) is 18.2 Å². The van der Waals surface area contributed by atoms with Gasteiger partial charge in [-0.1, -0.05) is 6.07 Å². The van der Waals surface area contributed by atoms with Gasteiger partial charge < -0.3 is 25.4 Å². The van der Waals surface area contributed by atoms with E-state index in [1.807, 2.05) is 29.2 Å². The van der Waals surface area contributed by atoms with E-state index in [1.165, 1.54) is 12.1 Å². The highest BCUT2D eigenvalue weighted by atomic mass is 35.5. The Morgan fingerprint density at radius 3 is 2.60 bits per heavy atom. The van der Waals surface area contributed by atoms with Gasteiger partial charge in [0.1, 0.15) is 11.6 Å². The number of ether oxygens (including phenoxy) is 2. The van der Waals surface area contributed by atoms with Crippen molar-refractivity contribution in [3.8, 4) is 5.75 Å². The van der Waals surface area contributed by atoms with Crippen LogP contribution in [0.15, 0.2) is 58.5 Å². The molecule has 0 spiro atoms. The summed E-state index contributed by atoms with van der Waals surface area (Å²) in [6.45, 7) is 2.60. The fraction of sp³-hybridized carbons (Fsp3) is 0.300. The third-order valence-corrected chi connectivity index (χ3v) is 4.69. The predicted octanol–water partition coefficient (Wildman–Crippen LogP) is 2.47. The molecule has 8 nitrogen and oxygen atoms in total. The van der Waals surface area contributed by atoms with Crippen molar-refractivity contribution in [3.05, 3.63) is 54.3 Å². The van der Waals surface area contributed by atoms with Crippen LogP contribution in [0.2, 0.25) is 0 Å². The largest absolute Gasteiger partial charge is 0.497 e. The summed E-state index contributed by atoms with van der Waals surface area (Å²) in [5.74, 6) is 1.26. The van der Waals surface area contributed by atoms with Crippen molar-refractivity contribution in [1.29, 1.82) is 0 Å². The Bertz CT molecular complexity index is 918. The first-order valence-corrected chi connectivity index (χ1v) is 9.34. The zero-order valence-corrected chi connectivity index (χ0v) is 17.3. The Hall–Kier alpha value is -3.04. The minimum absolute atomic E-state index is 0. The lowest BCUT2D eigenvalue weighted by molar-refractivity contribution is 0.0671. The second kappa shape index (κ2) is 9.64. The highest BCUT2D eigenvalue weighted by Gasteiger charge is 2.32. The highest BCUT2D eigenvalue weighted by Crippen LogP contribution is 2.27. The molecular weight excluding hydrogens is 411 g/mol. The van der Waals surface area contributed by atoms with Gasteiger partial charge in [0.25, 0.3) is 0 Å². The van der Waals surface area contributed by atoms with E-state index in [4.69, 9.17) is 15.2 Å². The van der Waals surface area contributed by atoms with Crippen LogP contribution in [0.3, 0.4) is 0 Å². The number of nitrogens with one attached hydrogen (secondary N) is 1. The SMILES string of the molecule is COc1cccc(N2C(N3CCOCC3)=NC(N)=NC2Nc2ccc(F)cc2)c1.Cl. The van der Waals surface area contributed by atoms with Crippen molar-refractivity contribution in [2.45, 2.75) is 6.29 Å². The summed E-state index contributed by atoms with van der Waals surface area (Å²) in [6.07, 6.45) is -0.567. The van der Waals surface area contributed by atoms with E-state index >= 15 is 0 Å². The van der Waals surface area contributed by atoms with Crippen LogP contribution in [0.4, 0.5) is 15.8 Å². The standard InChI is InChI=1S/C20H23FN6O2.ClH/c1-28-17-4-2-3-16(13-17)27-19(23-15-7-5-14(21)6-8-15)24-18(22)25-20(27)26-9-11-29-12-10-26;/h2-8,13,19,23H,9-12H2,1H3,(H2,22,24);1H. The number of rotatable bonds is 4. The summed E-state index contributed by atoms with van der Waals surface area (Å²) >= 11 is 0. The number of nitrogens with zero attached hydrogens (tertiary/aromatic N) is 4. The molecule has 2 aromatic carbocycles. The summed E-state index contributed by atoms with van der Waals surface area (Å²) in [7, 11) is 1.62. The average Bonchev–Trinajstić information content (AvgIpc) is 2.75. The van der Waals surface area contributed by atoms with Crippen LogP contribution in [0.1, 0.15) is 0 Å². The normalized spacial score (nSPS) is 18.8. The Morgan fingerprint density at radius 2 is 1.90 bits per heavy atom. The second-order valence-electron chi connectivity index (χ2n) is 6.59. The number of guanidine groups is 2. The fourth-order valence-corrected chi connectivity index (χ4v) is 3.27. The lowest BCUT2D eigenvalue weighted by Gasteiger charge is -2.41. The molecule has 0 bridgehead atoms. The molecule has 0 aliphatic carbocycles. The summed E-state index contributed by atoms with van der Waals surface area (Å²) in [6, 6.07) is 13.7. The number of morpholine rings is 1. The zero-order valence-electron chi connectivity index (χ0n) is 16.5. The number of hydrogen-bond acceptors (Lipinski definition) is 8. The van der Waals surface area contributed by atoms with Crippen molar-refractivity contribution in [1.82, 2.24) is 4.90 Å². The van der Waals surface area contributed by atoms with Gasteiger partial charge in [-0.05, 0) is 36.4 Å². The van der Waals surface area contributed by atoms with E-state index in [1.54, 1.807) is 19.2 Å². The van der Waals surface area contributed by atoms with Crippen LogP contribution in [-0.4, -0.2) is 56.5 Å². The number of nitrogens with two attached hydrogens (primary N) is 1. The summed E-state index contributed by atoms with van der Waals surface area (Å²) < 4.78 is 24.2. The number of anilines is 2. The maximum atomic E-state index is 13.3. The summed E-state index contributed by atoms with van der Waals surface area (Å²) in [5.41, 5.74) is 7.60. The Labute approximate surface area is 180 Å². The molecule has 1 atom stereocenters. The maximum absolute atomic E-state index is 13.3. The van der Waals surface area contributed by atoms with E-state index in [9.17, 15) is 4.39 Å². The summed E-state index contributed by atoms with van der Waals surface area (Å²) in [5, 5.41) is 3.31. The monoisotopic (exact) mass is 434 g/mol. The third-order valence-electron chi connectivity index (χ3n) is 4.69. The minimum Gasteiger partial charge on any atom is -0.497 e. The Morgan fingerprint density at radius 1 is 1.17 bits per heavy atom. The molecule has 1 fully saturated rings. The predicted molar refractivity (Wildman–Crippen MR) is 118 cm³/mol. The molecule has 0 radical (unpaired) electrons. The van der Waals surface area contributed by atoms with Crippen molar-refractivity contribution in [2.75, 3.05) is 43.6 Å². The maximum Gasteiger partial charge on any atom is 0.222 e. The van der Waals surface area contributed by atoms with E-state index in [-0.39, 0.29) is 24.2 Å². The lowest BCUT2D eigenvalue weighted by Crippen LogP contribution is -2.57. The molecule has 0 aromatic heterocycles. The van der Waals surface area contributed by atoms with Gasteiger partial charge in [-0.3, -0.25) is 4.90 Å².